The largest absolute Gasteiger partial charge is 0.353 e. The lowest BCUT2D eigenvalue weighted by Crippen LogP contribution is -2.38. The summed E-state index contributed by atoms with van der Waals surface area (Å²) >= 11 is 0. The molecule has 1 aliphatic carbocycles. The molecule has 2 heteroatoms. The molecule has 0 aromatic heterocycles. The van der Waals surface area contributed by atoms with Crippen molar-refractivity contribution in [3.63, 3.8) is 0 Å². The molecule has 0 aromatic rings. The second kappa shape index (κ2) is 6.05. The minimum absolute atomic E-state index is 0.304. The van der Waals surface area contributed by atoms with E-state index in [0.717, 1.165) is 25.7 Å². The highest BCUT2D eigenvalue weighted by Gasteiger charge is 2.22. The fraction of sp³-hybridized carbons (Fsp3) is 0.917. The normalized spacial score (nSPS) is 18.5. The Morgan fingerprint density at radius 1 is 1.21 bits per heavy atom. The van der Waals surface area contributed by atoms with Crippen molar-refractivity contribution >= 4 is 5.91 Å². The van der Waals surface area contributed by atoms with Gasteiger partial charge in [0, 0.05) is 12.0 Å². The Bertz CT molecular complexity index is 169. The monoisotopic (exact) mass is 197 g/mol. The Kier molecular flexibility index (Phi) is 4.99. The fourth-order valence-corrected chi connectivity index (χ4v) is 2.18. The molecule has 82 valence electrons. The summed E-state index contributed by atoms with van der Waals surface area (Å²) in [6.45, 7) is 4.27. The maximum absolute atomic E-state index is 11.8. The topological polar surface area (TPSA) is 29.1 Å². The minimum atomic E-state index is 0.304. The van der Waals surface area contributed by atoms with Gasteiger partial charge in [-0.25, -0.2) is 0 Å². The molecule has 1 N–H and O–H groups in total. The van der Waals surface area contributed by atoms with Crippen LogP contribution in [-0.2, 0) is 4.79 Å². The number of amides is 1. The third-order valence-electron chi connectivity index (χ3n) is 3.31. The van der Waals surface area contributed by atoms with Gasteiger partial charge in [-0.2, -0.15) is 0 Å². The zero-order valence-corrected chi connectivity index (χ0v) is 9.51. The first-order valence-corrected chi connectivity index (χ1v) is 6.08. The quantitative estimate of drug-likeness (QED) is 0.737. The van der Waals surface area contributed by atoms with Crippen molar-refractivity contribution in [2.75, 3.05) is 0 Å². The second-order valence-electron chi connectivity index (χ2n) is 4.36. The third-order valence-corrected chi connectivity index (χ3v) is 3.31. The molecule has 0 unspecified atom stereocenters. The van der Waals surface area contributed by atoms with Gasteiger partial charge in [-0.15, -0.1) is 0 Å². The summed E-state index contributed by atoms with van der Waals surface area (Å²) in [5.74, 6) is 0.614. The third kappa shape index (κ3) is 3.32. The van der Waals surface area contributed by atoms with Gasteiger partial charge in [0.2, 0.25) is 5.91 Å². The molecule has 1 saturated carbocycles. The molecule has 0 aliphatic heterocycles. The Morgan fingerprint density at radius 2 is 1.79 bits per heavy atom. The second-order valence-corrected chi connectivity index (χ2v) is 4.36. The molecule has 1 rings (SSSR count). The lowest BCUT2D eigenvalue weighted by Gasteiger charge is -2.23. The van der Waals surface area contributed by atoms with Crippen LogP contribution in [0.2, 0.25) is 0 Å². The molecule has 1 fully saturated rings. The molecule has 0 spiro atoms. The van der Waals surface area contributed by atoms with Gasteiger partial charge in [0.25, 0.3) is 0 Å². The van der Waals surface area contributed by atoms with Crippen LogP contribution in [0.4, 0.5) is 0 Å². The Hall–Kier alpha value is -0.530. The molecular formula is C12H23NO. The molecular weight excluding hydrogens is 174 g/mol. The van der Waals surface area contributed by atoms with E-state index in [9.17, 15) is 4.79 Å². The molecule has 0 saturated heterocycles. The van der Waals surface area contributed by atoms with E-state index >= 15 is 0 Å². The number of hydrogen-bond donors (Lipinski definition) is 1. The van der Waals surface area contributed by atoms with Crippen LogP contribution in [-0.4, -0.2) is 11.9 Å². The van der Waals surface area contributed by atoms with Crippen LogP contribution >= 0.6 is 0 Å². The van der Waals surface area contributed by atoms with Crippen LogP contribution in [0.5, 0.6) is 0 Å². The van der Waals surface area contributed by atoms with Gasteiger partial charge in [-0.3, -0.25) is 4.79 Å². The summed E-state index contributed by atoms with van der Waals surface area (Å²) < 4.78 is 0. The number of carbonyl (C=O) groups excluding carboxylic acids is 1. The van der Waals surface area contributed by atoms with Crippen LogP contribution in [0.25, 0.3) is 0 Å². The average molecular weight is 197 g/mol. The molecule has 1 amide bonds. The van der Waals surface area contributed by atoms with Crippen LogP contribution in [0.3, 0.4) is 0 Å². The van der Waals surface area contributed by atoms with E-state index in [1.807, 2.05) is 0 Å². The molecule has 0 aromatic carbocycles. The van der Waals surface area contributed by atoms with Gasteiger partial charge in [-0.1, -0.05) is 33.1 Å². The van der Waals surface area contributed by atoms with Gasteiger partial charge < -0.3 is 5.32 Å². The van der Waals surface area contributed by atoms with Crippen molar-refractivity contribution in [3.05, 3.63) is 0 Å². The summed E-state index contributed by atoms with van der Waals surface area (Å²) in [6, 6.07) is 0.393. The average Bonchev–Trinajstić information content (AvgIpc) is 2.26. The predicted molar refractivity (Wildman–Crippen MR) is 59.1 cm³/mol. The van der Waals surface area contributed by atoms with E-state index < -0.39 is 0 Å². The molecule has 0 heterocycles. The summed E-state index contributed by atoms with van der Waals surface area (Å²) in [4.78, 5) is 11.8. The molecule has 0 bridgehead atoms. The minimum Gasteiger partial charge on any atom is -0.353 e. The number of rotatable bonds is 4. The van der Waals surface area contributed by atoms with Crippen molar-refractivity contribution in [3.8, 4) is 0 Å². The van der Waals surface area contributed by atoms with Crippen molar-refractivity contribution in [1.29, 1.82) is 0 Å². The summed E-state index contributed by atoms with van der Waals surface area (Å²) in [5, 5.41) is 3.15. The summed E-state index contributed by atoms with van der Waals surface area (Å²) in [5.41, 5.74) is 0. The highest BCUT2D eigenvalue weighted by atomic mass is 16.1. The zero-order chi connectivity index (χ0) is 10.4. The predicted octanol–water partition coefficient (Wildman–Crippen LogP) is 2.87. The number of carbonyl (C=O) groups is 1. The Morgan fingerprint density at radius 3 is 2.29 bits per heavy atom. The van der Waals surface area contributed by atoms with Crippen molar-refractivity contribution in [2.24, 2.45) is 5.92 Å². The smallest absolute Gasteiger partial charge is 0.223 e. The number of nitrogens with one attached hydrogen (secondary N) is 1. The van der Waals surface area contributed by atoms with Crippen LogP contribution in [0, 0.1) is 5.92 Å². The van der Waals surface area contributed by atoms with Gasteiger partial charge in [0.1, 0.15) is 0 Å². The first-order valence-electron chi connectivity index (χ1n) is 6.08. The fourth-order valence-electron chi connectivity index (χ4n) is 2.18. The lowest BCUT2D eigenvalue weighted by atomic mass is 9.88. The van der Waals surface area contributed by atoms with Crippen molar-refractivity contribution < 1.29 is 4.79 Å². The van der Waals surface area contributed by atoms with E-state index in [1.54, 1.807) is 0 Å². The first kappa shape index (κ1) is 11.5. The molecule has 1 aliphatic rings. The molecule has 0 radical (unpaired) electrons. The molecule has 2 nitrogen and oxygen atoms in total. The lowest BCUT2D eigenvalue weighted by molar-refractivity contribution is -0.126. The first-order chi connectivity index (χ1) is 6.77. The van der Waals surface area contributed by atoms with Crippen LogP contribution in [0.15, 0.2) is 0 Å². The summed E-state index contributed by atoms with van der Waals surface area (Å²) in [6.07, 6.45) is 8.10. The van der Waals surface area contributed by atoms with E-state index in [4.69, 9.17) is 0 Å². The van der Waals surface area contributed by atoms with Gasteiger partial charge in [0.15, 0.2) is 0 Å². The van der Waals surface area contributed by atoms with E-state index in [0.29, 0.717) is 17.9 Å². The van der Waals surface area contributed by atoms with Crippen molar-refractivity contribution in [2.45, 2.75) is 64.8 Å². The molecule has 0 atom stereocenters. The SMILES string of the molecule is CCC(CC)NC(=O)C1CCCCC1. The molecule has 14 heavy (non-hydrogen) atoms. The maximum atomic E-state index is 11.8. The van der Waals surface area contributed by atoms with Gasteiger partial charge in [0.05, 0.1) is 0 Å². The van der Waals surface area contributed by atoms with Gasteiger partial charge >= 0.3 is 0 Å². The highest BCUT2D eigenvalue weighted by molar-refractivity contribution is 5.78. The van der Waals surface area contributed by atoms with Crippen LogP contribution < -0.4 is 5.32 Å². The zero-order valence-electron chi connectivity index (χ0n) is 9.51. The van der Waals surface area contributed by atoms with E-state index in [2.05, 4.69) is 19.2 Å². The Balaban J connectivity index is 2.32. The van der Waals surface area contributed by atoms with E-state index in [1.165, 1.54) is 19.3 Å². The van der Waals surface area contributed by atoms with Crippen molar-refractivity contribution in [1.82, 2.24) is 5.32 Å². The maximum Gasteiger partial charge on any atom is 0.223 e. The number of hydrogen-bond acceptors (Lipinski definition) is 1. The highest BCUT2D eigenvalue weighted by Crippen LogP contribution is 2.23. The summed E-state index contributed by atoms with van der Waals surface area (Å²) in [7, 11) is 0. The Labute approximate surface area is 87.5 Å². The van der Waals surface area contributed by atoms with Crippen LogP contribution in [0.1, 0.15) is 58.8 Å². The standard InChI is InChI=1S/C12H23NO/c1-3-11(4-2)13-12(14)10-8-6-5-7-9-10/h10-11H,3-9H2,1-2H3,(H,13,14). The van der Waals surface area contributed by atoms with Gasteiger partial charge in [-0.05, 0) is 25.7 Å². The van der Waals surface area contributed by atoms with E-state index in [-0.39, 0.29) is 0 Å².